The van der Waals surface area contributed by atoms with Gasteiger partial charge in [0.15, 0.2) is 6.61 Å². The third-order valence-corrected chi connectivity index (χ3v) is 4.17. The Morgan fingerprint density at radius 3 is 2.72 bits per heavy atom. The number of para-hydroxylation sites is 1. The van der Waals surface area contributed by atoms with Crippen LogP contribution in [0.2, 0.25) is 5.02 Å². The van der Waals surface area contributed by atoms with Gasteiger partial charge in [-0.3, -0.25) is 9.79 Å². The van der Waals surface area contributed by atoms with Crippen LogP contribution < -0.4 is 14.8 Å². The summed E-state index contributed by atoms with van der Waals surface area (Å²) in [6, 6.07) is 18.3. The maximum Gasteiger partial charge on any atom is 0.262 e. The van der Waals surface area contributed by atoms with Gasteiger partial charge in [0.25, 0.3) is 5.91 Å². The SMILES string of the molecule is COc1cccc(N=Cc2ccc(OCC(=O)Nc3ccccc3F)c(Cl)c2)c1. The molecular weight excluding hydrogens is 395 g/mol. The fourth-order valence-corrected chi connectivity index (χ4v) is 2.69. The fraction of sp³-hybridized carbons (Fsp3) is 0.0909. The normalized spacial score (nSPS) is 10.7. The van der Waals surface area contributed by atoms with E-state index < -0.39 is 11.7 Å². The minimum atomic E-state index is -0.515. The number of halogens is 2. The van der Waals surface area contributed by atoms with Crippen molar-refractivity contribution in [3.05, 3.63) is 83.1 Å². The number of anilines is 1. The van der Waals surface area contributed by atoms with Gasteiger partial charge >= 0.3 is 0 Å². The molecule has 0 heterocycles. The molecule has 1 N–H and O–H groups in total. The number of hydrogen-bond acceptors (Lipinski definition) is 4. The molecule has 29 heavy (non-hydrogen) atoms. The zero-order chi connectivity index (χ0) is 20.6. The number of aliphatic imine (C=N–C) groups is 1. The predicted molar refractivity (Wildman–Crippen MR) is 112 cm³/mol. The first kappa shape index (κ1) is 20.4. The van der Waals surface area contributed by atoms with E-state index in [1.54, 1.807) is 43.7 Å². The zero-order valence-corrected chi connectivity index (χ0v) is 16.3. The van der Waals surface area contributed by atoms with Gasteiger partial charge in [-0.2, -0.15) is 0 Å². The quantitative estimate of drug-likeness (QED) is 0.539. The summed E-state index contributed by atoms with van der Waals surface area (Å²) < 4.78 is 24.2. The minimum Gasteiger partial charge on any atom is -0.497 e. The Labute approximate surface area is 172 Å². The molecule has 0 saturated carbocycles. The number of hydrogen-bond donors (Lipinski definition) is 1. The molecule has 0 aliphatic rings. The second-order valence-corrected chi connectivity index (χ2v) is 6.37. The monoisotopic (exact) mass is 412 g/mol. The average Bonchev–Trinajstić information content (AvgIpc) is 2.73. The molecule has 0 saturated heterocycles. The Balaban J connectivity index is 1.60. The van der Waals surface area contributed by atoms with E-state index in [-0.39, 0.29) is 12.3 Å². The second kappa shape index (κ2) is 9.71. The first-order valence-corrected chi connectivity index (χ1v) is 9.08. The first-order chi connectivity index (χ1) is 14.0. The highest BCUT2D eigenvalue weighted by molar-refractivity contribution is 6.32. The van der Waals surface area contributed by atoms with Crippen LogP contribution in [0.25, 0.3) is 0 Å². The van der Waals surface area contributed by atoms with E-state index >= 15 is 0 Å². The number of rotatable bonds is 7. The molecular formula is C22H18ClFN2O3. The standard InChI is InChI=1S/C22H18ClFN2O3/c1-28-17-6-4-5-16(12-17)25-13-15-9-10-21(18(23)11-15)29-14-22(27)26-20-8-3-2-7-19(20)24/h2-13H,14H2,1H3,(H,26,27). The molecule has 0 aromatic heterocycles. The zero-order valence-electron chi connectivity index (χ0n) is 15.6. The van der Waals surface area contributed by atoms with Crippen molar-refractivity contribution < 1.29 is 18.7 Å². The molecule has 3 aromatic rings. The molecule has 0 bridgehead atoms. The summed E-state index contributed by atoms with van der Waals surface area (Å²) in [5.41, 5.74) is 1.60. The Morgan fingerprint density at radius 2 is 1.97 bits per heavy atom. The number of ether oxygens (including phenoxy) is 2. The lowest BCUT2D eigenvalue weighted by molar-refractivity contribution is -0.118. The molecule has 0 aliphatic heterocycles. The van der Waals surface area contributed by atoms with E-state index in [0.29, 0.717) is 10.8 Å². The van der Waals surface area contributed by atoms with Gasteiger partial charge in [-0.05, 0) is 48.0 Å². The lowest BCUT2D eigenvalue weighted by Gasteiger charge is -2.09. The minimum absolute atomic E-state index is 0.0938. The smallest absolute Gasteiger partial charge is 0.262 e. The van der Waals surface area contributed by atoms with Gasteiger partial charge in [0, 0.05) is 12.3 Å². The second-order valence-electron chi connectivity index (χ2n) is 5.97. The Kier molecular flexibility index (Phi) is 6.81. The van der Waals surface area contributed by atoms with E-state index in [1.807, 2.05) is 24.3 Å². The fourth-order valence-electron chi connectivity index (χ4n) is 2.45. The topological polar surface area (TPSA) is 59.9 Å². The van der Waals surface area contributed by atoms with Gasteiger partial charge in [0.1, 0.15) is 17.3 Å². The van der Waals surface area contributed by atoms with Crippen molar-refractivity contribution in [3.63, 3.8) is 0 Å². The van der Waals surface area contributed by atoms with Crippen molar-refractivity contribution in [2.24, 2.45) is 4.99 Å². The maximum absolute atomic E-state index is 13.6. The van der Waals surface area contributed by atoms with Crippen LogP contribution in [0.5, 0.6) is 11.5 Å². The molecule has 0 atom stereocenters. The van der Waals surface area contributed by atoms with E-state index in [0.717, 1.165) is 17.0 Å². The predicted octanol–water partition coefficient (Wildman–Crippen LogP) is 5.26. The van der Waals surface area contributed by atoms with E-state index in [9.17, 15) is 9.18 Å². The highest BCUT2D eigenvalue weighted by Crippen LogP contribution is 2.26. The lowest BCUT2D eigenvalue weighted by Crippen LogP contribution is -2.20. The molecule has 0 radical (unpaired) electrons. The van der Waals surface area contributed by atoms with Crippen LogP contribution in [-0.4, -0.2) is 25.8 Å². The third kappa shape index (κ3) is 5.80. The van der Waals surface area contributed by atoms with E-state index in [4.69, 9.17) is 21.1 Å². The summed E-state index contributed by atoms with van der Waals surface area (Å²) in [6.45, 7) is -0.300. The van der Waals surface area contributed by atoms with Crippen molar-refractivity contribution >= 4 is 35.1 Å². The maximum atomic E-state index is 13.6. The van der Waals surface area contributed by atoms with Crippen LogP contribution in [0.4, 0.5) is 15.8 Å². The summed E-state index contributed by atoms with van der Waals surface area (Å²) >= 11 is 6.23. The van der Waals surface area contributed by atoms with Crippen LogP contribution in [0.15, 0.2) is 71.7 Å². The highest BCUT2D eigenvalue weighted by atomic mass is 35.5. The van der Waals surface area contributed by atoms with Crippen molar-refractivity contribution in [2.45, 2.75) is 0 Å². The highest BCUT2D eigenvalue weighted by Gasteiger charge is 2.09. The molecule has 7 heteroatoms. The molecule has 0 aliphatic carbocycles. The van der Waals surface area contributed by atoms with Crippen molar-refractivity contribution in [2.75, 3.05) is 19.0 Å². The number of methoxy groups -OCH3 is 1. The van der Waals surface area contributed by atoms with E-state index in [1.165, 1.54) is 12.1 Å². The first-order valence-electron chi connectivity index (χ1n) is 8.70. The lowest BCUT2D eigenvalue weighted by atomic mass is 10.2. The number of carbonyl (C=O) groups is 1. The van der Waals surface area contributed by atoms with Crippen LogP contribution in [-0.2, 0) is 4.79 Å². The van der Waals surface area contributed by atoms with Crippen molar-refractivity contribution in [3.8, 4) is 11.5 Å². The number of nitrogens with one attached hydrogen (secondary N) is 1. The summed E-state index contributed by atoms with van der Waals surface area (Å²) in [7, 11) is 1.60. The third-order valence-electron chi connectivity index (χ3n) is 3.88. The van der Waals surface area contributed by atoms with Crippen molar-refractivity contribution in [1.82, 2.24) is 0 Å². The number of amides is 1. The Bertz CT molecular complexity index is 1040. The number of nitrogens with zero attached hydrogens (tertiary/aromatic N) is 1. The van der Waals surface area contributed by atoms with Crippen LogP contribution in [0.3, 0.4) is 0 Å². The van der Waals surface area contributed by atoms with Gasteiger partial charge in [0.05, 0.1) is 23.5 Å². The number of carbonyl (C=O) groups excluding carboxylic acids is 1. The number of benzene rings is 3. The van der Waals surface area contributed by atoms with Gasteiger partial charge < -0.3 is 14.8 Å². The van der Waals surface area contributed by atoms with E-state index in [2.05, 4.69) is 10.3 Å². The summed E-state index contributed by atoms with van der Waals surface area (Å²) in [6.07, 6.45) is 1.66. The molecule has 5 nitrogen and oxygen atoms in total. The molecule has 0 spiro atoms. The average molecular weight is 413 g/mol. The van der Waals surface area contributed by atoms with Crippen LogP contribution in [0.1, 0.15) is 5.56 Å². The summed E-state index contributed by atoms with van der Waals surface area (Å²) in [5, 5.41) is 2.78. The molecule has 1 amide bonds. The van der Waals surface area contributed by atoms with Crippen LogP contribution >= 0.6 is 11.6 Å². The Hall–Kier alpha value is -3.38. The Morgan fingerprint density at radius 1 is 1.14 bits per heavy atom. The van der Waals surface area contributed by atoms with Crippen molar-refractivity contribution in [1.29, 1.82) is 0 Å². The molecule has 0 fully saturated rings. The molecule has 3 rings (SSSR count). The molecule has 3 aromatic carbocycles. The van der Waals surface area contributed by atoms with Gasteiger partial charge in [0.2, 0.25) is 0 Å². The van der Waals surface area contributed by atoms with Crippen LogP contribution in [0, 0.1) is 5.82 Å². The largest absolute Gasteiger partial charge is 0.497 e. The summed E-state index contributed by atoms with van der Waals surface area (Å²) in [4.78, 5) is 16.3. The molecule has 148 valence electrons. The summed E-state index contributed by atoms with van der Waals surface area (Å²) in [5.74, 6) is 0.0531. The molecule has 0 unspecified atom stereocenters. The van der Waals surface area contributed by atoms with Gasteiger partial charge in [-0.1, -0.05) is 29.8 Å². The van der Waals surface area contributed by atoms with Gasteiger partial charge in [-0.15, -0.1) is 0 Å². The van der Waals surface area contributed by atoms with Gasteiger partial charge in [-0.25, -0.2) is 4.39 Å².